The number of hydrogen-bond donors (Lipinski definition) is 2. The lowest BCUT2D eigenvalue weighted by molar-refractivity contribution is -0.113. The average molecular weight is 527 g/mol. The van der Waals surface area contributed by atoms with Crippen LogP contribution >= 0.6 is 39.3 Å². The molecule has 0 aliphatic carbocycles. The quantitative estimate of drug-likeness (QED) is 0.432. The fourth-order valence-corrected chi connectivity index (χ4v) is 3.78. The molecule has 162 valence electrons. The topological polar surface area (TPSA) is 88.9 Å². The third-order valence-electron chi connectivity index (χ3n) is 4.21. The van der Waals surface area contributed by atoms with Crippen LogP contribution in [0.15, 0.2) is 52.1 Å². The SMILES string of the molecule is Cn1c(CCNC(=O)c2ccccc2F)nnc1SCC(=O)Nc1ccc(Br)c(Cl)c1. The van der Waals surface area contributed by atoms with Gasteiger partial charge in [0.1, 0.15) is 11.6 Å². The maximum atomic E-state index is 13.7. The molecule has 7 nitrogen and oxygen atoms in total. The number of carbonyl (C=O) groups is 2. The van der Waals surface area contributed by atoms with Crippen molar-refractivity contribution in [2.24, 2.45) is 7.05 Å². The molecule has 0 unspecified atom stereocenters. The molecule has 1 aromatic heterocycles. The normalized spacial score (nSPS) is 10.7. The lowest BCUT2D eigenvalue weighted by Gasteiger charge is -2.07. The third-order valence-corrected chi connectivity index (χ3v) is 6.47. The Bertz CT molecular complexity index is 1110. The molecule has 1 heterocycles. The molecule has 3 rings (SSSR count). The van der Waals surface area contributed by atoms with Crippen LogP contribution in [0.1, 0.15) is 16.2 Å². The van der Waals surface area contributed by atoms with E-state index in [4.69, 9.17) is 11.6 Å². The lowest BCUT2D eigenvalue weighted by atomic mass is 10.2. The third kappa shape index (κ3) is 6.28. The van der Waals surface area contributed by atoms with E-state index < -0.39 is 11.7 Å². The number of aromatic nitrogens is 3. The van der Waals surface area contributed by atoms with Gasteiger partial charge in [0.2, 0.25) is 5.91 Å². The van der Waals surface area contributed by atoms with Gasteiger partial charge in [0.05, 0.1) is 16.3 Å². The summed E-state index contributed by atoms with van der Waals surface area (Å²) in [6.45, 7) is 0.272. The fourth-order valence-electron chi connectivity index (χ4n) is 2.62. The molecule has 0 radical (unpaired) electrons. The Labute approximate surface area is 195 Å². The van der Waals surface area contributed by atoms with Crippen molar-refractivity contribution in [2.75, 3.05) is 17.6 Å². The molecular formula is C20H18BrClFN5O2S. The van der Waals surface area contributed by atoms with Gasteiger partial charge in [0, 0.05) is 30.2 Å². The van der Waals surface area contributed by atoms with Crippen LogP contribution in [-0.4, -0.2) is 38.9 Å². The van der Waals surface area contributed by atoms with Crippen LogP contribution in [0, 0.1) is 5.82 Å². The van der Waals surface area contributed by atoms with E-state index in [0.29, 0.717) is 28.1 Å². The first-order valence-corrected chi connectivity index (χ1v) is 11.3. The van der Waals surface area contributed by atoms with Crippen LogP contribution in [0.25, 0.3) is 0 Å². The highest BCUT2D eigenvalue weighted by Crippen LogP contribution is 2.25. The minimum atomic E-state index is -0.568. The van der Waals surface area contributed by atoms with Gasteiger partial charge < -0.3 is 15.2 Å². The number of thioether (sulfide) groups is 1. The van der Waals surface area contributed by atoms with Crippen LogP contribution in [0.5, 0.6) is 0 Å². The first kappa shape index (κ1) is 23.2. The first-order valence-electron chi connectivity index (χ1n) is 9.14. The van der Waals surface area contributed by atoms with Gasteiger partial charge in [0.15, 0.2) is 5.16 Å². The molecule has 0 saturated heterocycles. The van der Waals surface area contributed by atoms with Gasteiger partial charge in [-0.2, -0.15) is 0 Å². The van der Waals surface area contributed by atoms with Crippen LogP contribution in [0.4, 0.5) is 10.1 Å². The van der Waals surface area contributed by atoms with E-state index in [1.54, 1.807) is 35.9 Å². The van der Waals surface area contributed by atoms with Crippen LogP contribution < -0.4 is 10.6 Å². The Balaban J connectivity index is 1.48. The highest BCUT2D eigenvalue weighted by Gasteiger charge is 2.14. The molecule has 11 heteroatoms. The van der Waals surface area contributed by atoms with Crippen molar-refractivity contribution in [2.45, 2.75) is 11.6 Å². The molecule has 0 atom stereocenters. The van der Waals surface area contributed by atoms with Crippen LogP contribution in [0.2, 0.25) is 5.02 Å². The Hall–Kier alpha value is -2.43. The number of nitrogens with one attached hydrogen (secondary N) is 2. The van der Waals surface area contributed by atoms with E-state index in [9.17, 15) is 14.0 Å². The van der Waals surface area contributed by atoms with Gasteiger partial charge >= 0.3 is 0 Å². The van der Waals surface area contributed by atoms with Gasteiger partial charge in [-0.15, -0.1) is 10.2 Å². The van der Waals surface area contributed by atoms with Crippen molar-refractivity contribution in [1.29, 1.82) is 0 Å². The highest BCUT2D eigenvalue weighted by molar-refractivity contribution is 9.10. The van der Waals surface area contributed by atoms with Crippen molar-refractivity contribution in [3.63, 3.8) is 0 Å². The Morgan fingerprint density at radius 1 is 1.23 bits per heavy atom. The van der Waals surface area contributed by atoms with Crippen molar-refractivity contribution in [1.82, 2.24) is 20.1 Å². The predicted molar refractivity (Wildman–Crippen MR) is 122 cm³/mol. The minimum Gasteiger partial charge on any atom is -0.351 e. The minimum absolute atomic E-state index is 0.00483. The van der Waals surface area contributed by atoms with E-state index in [-0.39, 0.29) is 23.8 Å². The maximum Gasteiger partial charge on any atom is 0.254 e. The van der Waals surface area contributed by atoms with E-state index in [1.807, 2.05) is 0 Å². The summed E-state index contributed by atoms with van der Waals surface area (Å²) in [7, 11) is 1.78. The number of amides is 2. The van der Waals surface area contributed by atoms with Gasteiger partial charge in [-0.3, -0.25) is 9.59 Å². The summed E-state index contributed by atoms with van der Waals surface area (Å²) in [4.78, 5) is 24.2. The number of benzene rings is 2. The fraction of sp³-hybridized carbons (Fsp3) is 0.200. The number of carbonyl (C=O) groups excluding carboxylic acids is 2. The van der Waals surface area contributed by atoms with Crippen LogP contribution in [0.3, 0.4) is 0 Å². The summed E-state index contributed by atoms with van der Waals surface area (Å²) in [5.41, 5.74) is 0.595. The summed E-state index contributed by atoms with van der Waals surface area (Å²) < 4.78 is 16.2. The maximum absolute atomic E-state index is 13.7. The number of hydrogen-bond acceptors (Lipinski definition) is 5. The molecule has 3 aromatic rings. The summed E-state index contributed by atoms with van der Waals surface area (Å²) in [6, 6.07) is 11.0. The van der Waals surface area contributed by atoms with Crippen molar-refractivity contribution in [3.05, 3.63) is 69.2 Å². The largest absolute Gasteiger partial charge is 0.351 e. The molecular weight excluding hydrogens is 509 g/mol. The monoisotopic (exact) mass is 525 g/mol. The molecule has 0 spiro atoms. The van der Waals surface area contributed by atoms with Gasteiger partial charge in [-0.05, 0) is 46.3 Å². The molecule has 2 N–H and O–H groups in total. The first-order chi connectivity index (χ1) is 14.8. The number of anilines is 1. The average Bonchev–Trinajstić information content (AvgIpc) is 3.09. The standard InChI is InChI=1S/C20H18BrClFN5O2S/c1-28-17(8-9-24-19(30)13-4-2-3-5-16(13)23)26-27-20(28)31-11-18(29)25-12-6-7-14(21)15(22)10-12/h2-7,10H,8-9,11H2,1H3,(H,24,30)(H,25,29). The molecule has 0 aliphatic heterocycles. The smallest absolute Gasteiger partial charge is 0.254 e. The molecule has 0 aliphatic rings. The van der Waals surface area contributed by atoms with Crippen molar-refractivity contribution < 1.29 is 14.0 Å². The lowest BCUT2D eigenvalue weighted by Crippen LogP contribution is -2.27. The van der Waals surface area contributed by atoms with Gasteiger partial charge in [0.25, 0.3) is 5.91 Å². The molecule has 0 fully saturated rings. The summed E-state index contributed by atoms with van der Waals surface area (Å²) >= 11 is 10.6. The predicted octanol–water partition coefficient (Wildman–Crippen LogP) is 4.07. The van der Waals surface area contributed by atoms with Crippen LogP contribution in [-0.2, 0) is 18.3 Å². The Morgan fingerprint density at radius 3 is 2.74 bits per heavy atom. The van der Waals surface area contributed by atoms with E-state index in [1.165, 1.54) is 30.0 Å². The van der Waals surface area contributed by atoms with E-state index >= 15 is 0 Å². The second-order valence-corrected chi connectivity index (χ2v) is 8.61. The highest BCUT2D eigenvalue weighted by atomic mass is 79.9. The molecule has 2 amide bonds. The molecule has 0 bridgehead atoms. The zero-order valence-electron chi connectivity index (χ0n) is 16.4. The Kier molecular flexibility index (Phi) is 8.05. The van der Waals surface area contributed by atoms with E-state index in [0.717, 1.165) is 4.47 Å². The number of rotatable bonds is 8. The van der Waals surface area contributed by atoms with Gasteiger partial charge in [-0.1, -0.05) is 35.5 Å². The summed E-state index contributed by atoms with van der Waals surface area (Å²) in [6.07, 6.45) is 0.411. The zero-order chi connectivity index (χ0) is 22.4. The number of halogens is 3. The zero-order valence-corrected chi connectivity index (χ0v) is 19.5. The van der Waals surface area contributed by atoms with Crippen molar-refractivity contribution in [3.8, 4) is 0 Å². The van der Waals surface area contributed by atoms with E-state index in [2.05, 4.69) is 36.8 Å². The summed E-state index contributed by atoms with van der Waals surface area (Å²) in [5, 5.41) is 14.7. The molecule has 2 aromatic carbocycles. The number of nitrogens with zero attached hydrogens (tertiary/aromatic N) is 3. The van der Waals surface area contributed by atoms with Crippen molar-refractivity contribution >= 4 is 56.8 Å². The summed E-state index contributed by atoms with van der Waals surface area (Å²) in [5.74, 6) is -0.480. The second kappa shape index (κ2) is 10.7. The Morgan fingerprint density at radius 2 is 2.00 bits per heavy atom. The molecule has 31 heavy (non-hydrogen) atoms. The molecule has 0 saturated carbocycles. The van der Waals surface area contributed by atoms with Gasteiger partial charge in [-0.25, -0.2) is 4.39 Å². The second-order valence-electron chi connectivity index (χ2n) is 6.41.